The second kappa shape index (κ2) is 7.58. The van der Waals surface area contributed by atoms with Gasteiger partial charge in [-0.15, -0.1) is 0 Å². The molecule has 2 amide bonds. The molecule has 0 bridgehead atoms. The van der Waals surface area contributed by atoms with Gasteiger partial charge >= 0.3 is 0 Å². The predicted octanol–water partition coefficient (Wildman–Crippen LogP) is -0.325. The lowest BCUT2D eigenvalue weighted by Crippen LogP contribution is -2.47. The lowest BCUT2D eigenvalue weighted by Gasteiger charge is -2.26. The first-order valence-corrected chi connectivity index (χ1v) is 7.10. The van der Waals surface area contributed by atoms with Crippen LogP contribution in [0.5, 0.6) is 0 Å². The van der Waals surface area contributed by atoms with Crippen molar-refractivity contribution in [1.82, 2.24) is 20.5 Å². The van der Waals surface area contributed by atoms with Crippen LogP contribution in [0.2, 0.25) is 0 Å². The maximum Gasteiger partial charge on any atom is 0.254 e. The predicted molar refractivity (Wildman–Crippen MR) is 80.2 cm³/mol. The molecule has 0 aliphatic carbocycles. The highest BCUT2D eigenvalue weighted by Crippen LogP contribution is 2.11. The maximum absolute atomic E-state index is 11.7. The van der Waals surface area contributed by atoms with Crippen molar-refractivity contribution in [3.05, 3.63) is 23.9 Å². The number of aromatic nitrogens is 1. The normalized spacial score (nSPS) is 15.4. The summed E-state index contributed by atoms with van der Waals surface area (Å²) in [5.74, 6) is 0.521. The van der Waals surface area contributed by atoms with Gasteiger partial charge in [-0.3, -0.25) is 14.5 Å². The van der Waals surface area contributed by atoms with Crippen molar-refractivity contribution >= 4 is 17.6 Å². The first kappa shape index (κ1) is 15.2. The number of carbonyl (C=O) groups is 2. The summed E-state index contributed by atoms with van der Waals surface area (Å²) >= 11 is 0. The van der Waals surface area contributed by atoms with E-state index in [1.165, 1.54) is 0 Å². The second-order valence-corrected chi connectivity index (χ2v) is 4.89. The van der Waals surface area contributed by atoms with E-state index < -0.39 is 0 Å². The lowest BCUT2D eigenvalue weighted by molar-refractivity contribution is -0.124. The Morgan fingerprint density at radius 3 is 3.14 bits per heavy atom. The van der Waals surface area contributed by atoms with Crippen LogP contribution in [0.15, 0.2) is 18.3 Å². The maximum atomic E-state index is 11.7. The highest BCUT2D eigenvalue weighted by molar-refractivity contribution is 5.98. The summed E-state index contributed by atoms with van der Waals surface area (Å²) < 4.78 is 0. The fourth-order valence-corrected chi connectivity index (χ4v) is 2.26. The zero-order valence-electron chi connectivity index (χ0n) is 12.2. The quantitative estimate of drug-likeness (QED) is 0.625. The van der Waals surface area contributed by atoms with Crippen LogP contribution in [0, 0.1) is 0 Å². The number of nitrogens with zero attached hydrogens (tertiary/aromatic N) is 2. The molecule has 114 valence electrons. The van der Waals surface area contributed by atoms with Gasteiger partial charge in [-0.05, 0) is 18.6 Å². The van der Waals surface area contributed by atoms with E-state index in [2.05, 4.69) is 25.8 Å². The fourth-order valence-electron chi connectivity index (χ4n) is 2.26. The minimum atomic E-state index is -0.154. The van der Waals surface area contributed by atoms with Crippen molar-refractivity contribution in [3.63, 3.8) is 0 Å². The molecule has 2 rings (SSSR count). The molecule has 1 aromatic rings. The Kier molecular flexibility index (Phi) is 5.51. The molecule has 0 saturated carbocycles. The molecule has 21 heavy (non-hydrogen) atoms. The number of hydrogen-bond acceptors (Lipinski definition) is 5. The summed E-state index contributed by atoms with van der Waals surface area (Å²) in [6.45, 7) is 3.63. The molecule has 0 unspecified atom stereocenters. The number of carbonyl (C=O) groups excluding carboxylic acids is 2. The zero-order valence-corrected chi connectivity index (χ0v) is 12.2. The van der Waals surface area contributed by atoms with Crippen LogP contribution in [-0.2, 0) is 4.79 Å². The minimum Gasteiger partial charge on any atom is -0.369 e. The molecule has 7 nitrogen and oxygen atoms in total. The molecular weight excluding hydrogens is 270 g/mol. The van der Waals surface area contributed by atoms with E-state index in [0.717, 1.165) is 19.5 Å². The molecule has 0 spiro atoms. The first-order valence-electron chi connectivity index (χ1n) is 7.10. The minimum absolute atomic E-state index is 0.0841. The van der Waals surface area contributed by atoms with Crippen LogP contribution in [0.1, 0.15) is 16.8 Å². The van der Waals surface area contributed by atoms with Crippen molar-refractivity contribution in [3.8, 4) is 0 Å². The highest BCUT2D eigenvalue weighted by Gasteiger charge is 2.15. The standard InChI is InChI=1S/C14H21N5O2/c1-15-14(21)11-4-2-5-17-13(11)18-6-3-8-19-9-7-16-12(20)10-19/h2,4-5H,3,6-10H2,1H3,(H,15,21)(H,16,20)(H,17,18). The molecule has 0 aromatic carbocycles. The van der Waals surface area contributed by atoms with Crippen LogP contribution in [0.3, 0.4) is 0 Å². The molecule has 0 radical (unpaired) electrons. The Morgan fingerprint density at radius 2 is 2.38 bits per heavy atom. The van der Waals surface area contributed by atoms with Crippen LogP contribution in [0.4, 0.5) is 5.82 Å². The topological polar surface area (TPSA) is 86.4 Å². The lowest BCUT2D eigenvalue weighted by atomic mass is 10.2. The molecule has 1 fully saturated rings. The molecule has 1 aromatic heterocycles. The van der Waals surface area contributed by atoms with Gasteiger partial charge in [0.1, 0.15) is 5.82 Å². The van der Waals surface area contributed by atoms with E-state index in [9.17, 15) is 9.59 Å². The summed E-state index contributed by atoms with van der Waals surface area (Å²) in [5, 5.41) is 8.58. The van der Waals surface area contributed by atoms with E-state index in [-0.39, 0.29) is 11.8 Å². The van der Waals surface area contributed by atoms with Crippen LogP contribution < -0.4 is 16.0 Å². The largest absolute Gasteiger partial charge is 0.369 e. The summed E-state index contributed by atoms with van der Waals surface area (Å²) in [6.07, 6.45) is 2.54. The van der Waals surface area contributed by atoms with Gasteiger partial charge in [-0.1, -0.05) is 0 Å². The Hall–Kier alpha value is -2.15. The van der Waals surface area contributed by atoms with Crippen LogP contribution in [0.25, 0.3) is 0 Å². The molecule has 0 atom stereocenters. The third kappa shape index (κ3) is 4.42. The van der Waals surface area contributed by atoms with Crippen molar-refractivity contribution < 1.29 is 9.59 Å². The molecule has 1 saturated heterocycles. The van der Waals surface area contributed by atoms with Crippen molar-refractivity contribution in [2.24, 2.45) is 0 Å². The van der Waals surface area contributed by atoms with E-state index in [1.54, 1.807) is 25.4 Å². The molecule has 2 heterocycles. The summed E-state index contributed by atoms with van der Waals surface area (Å²) in [7, 11) is 1.60. The fraction of sp³-hybridized carbons (Fsp3) is 0.500. The number of anilines is 1. The van der Waals surface area contributed by atoms with E-state index in [4.69, 9.17) is 0 Å². The van der Waals surface area contributed by atoms with Crippen molar-refractivity contribution in [1.29, 1.82) is 0 Å². The van der Waals surface area contributed by atoms with E-state index >= 15 is 0 Å². The SMILES string of the molecule is CNC(=O)c1cccnc1NCCCN1CCNC(=O)C1. The van der Waals surface area contributed by atoms with Gasteiger partial charge in [0.2, 0.25) is 5.91 Å². The average molecular weight is 291 g/mol. The van der Waals surface area contributed by atoms with Crippen molar-refractivity contribution in [2.45, 2.75) is 6.42 Å². The molecule has 1 aliphatic rings. The zero-order chi connectivity index (χ0) is 15.1. The van der Waals surface area contributed by atoms with Crippen LogP contribution >= 0.6 is 0 Å². The van der Waals surface area contributed by atoms with Gasteiger partial charge < -0.3 is 16.0 Å². The molecule has 1 aliphatic heterocycles. The number of piperazine rings is 1. The summed E-state index contributed by atoms with van der Waals surface area (Å²) in [4.78, 5) is 29.3. The number of hydrogen-bond donors (Lipinski definition) is 3. The van der Waals surface area contributed by atoms with Gasteiger partial charge in [-0.25, -0.2) is 4.98 Å². The summed E-state index contributed by atoms with van der Waals surface area (Å²) in [6, 6.07) is 3.48. The van der Waals surface area contributed by atoms with Gasteiger partial charge in [0.05, 0.1) is 12.1 Å². The van der Waals surface area contributed by atoms with Gasteiger partial charge in [0.25, 0.3) is 5.91 Å². The van der Waals surface area contributed by atoms with Crippen molar-refractivity contribution in [2.75, 3.05) is 45.1 Å². The van der Waals surface area contributed by atoms with E-state index in [1.807, 2.05) is 0 Å². The Morgan fingerprint density at radius 1 is 1.52 bits per heavy atom. The van der Waals surface area contributed by atoms with E-state index in [0.29, 0.717) is 31.0 Å². The summed E-state index contributed by atoms with van der Waals surface area (Å²) in [5.41, 5.74) is 0.539. The Labute approximate surface area is 124 Å². The molecular formula is C14H21N5O2. The number of nitrogens with one attached hydrogen (secondary N) is 3. The molecule has 3 N–H and O–H groups in total. The monoisotopic (exact) mass is 291 g/mol. The van der Waals surface area contributed by atoms with Gasteiger partial charge in [0, 0.05) is 39.4 Å². The Balaban J connectivity index is 1.78. The van der Waals surface area contributed by atoms with Crippen LogP contribution in [-0.4, -0.2) is 61.5 Å². The third-order valence-corrected chi connectivity index (χ3v) is 3.34. The average Bonchev–Trinajstić information content (AvgIpc) is 2.51. The first-order chi connectivity index (χ1) is 10.2. The second-order valence-electron chi connectivity index (χ2n) is 4.89. The smallest absolute Gasteiger partial charge is 0.254 e. The third-order valence-electron chi connectivity index (χ3n) is 3.34. The highest BCUT2D eigenvalue weighted by atomic mass is 16.2. The van der Waals surface area contributed by atoms with Gasteiger partial charge in [0.15, 0.2) is 0 Å². The molecule has 7 heteroatoms. The number of rotatable bonds is 6. The van der Waals surface area contributed by atoms with Gasteiger partial charge in [-0.2, -0.15) is 0 Å². The Bertz CT molecular complexity index is 506. The number of pyridine rings is 1. The number of amides is 2.